The van der Waals surface area contributed by atoms with Crippen LogP contribution in [-0.4, -0.2) is 115 Å². The summed E-state index contributed by atoms with van der Waals surface area (Å²) in [4.78, 5) is 96.1. The monoisotopic (exact) mass is 807 g/mol. The van der Waals surface area contributed by atoms with Crippen molar-refractivity contribution in [3.8, 4) is 5.75 Å². The summed E-state index contributed by atoms with van der Waals surface area (Å²) in [5.41, 5.74) is 12.3. The fourth-order valence-corrected chi connectivity index (χ4v) is 8.22. The number of nitrogens with zero attached hydrogens (tertiary/aromatic N) is 3. The number of aromatic amines is 1. The smallest absolute Gasteiger partial charge is 0.274 e. The number of nitrogens with two attached hydrogens (primary N) is 1. The summed E-state index contributed by atoms with van der Waals surface area (Å²) >= 11 is 0. The number of imide groups is 1. The molecule has 0 radical (unpaired) electrons. The summed E-state index contributed by atoms with van der Waals surface area (Å²) in [6, 6.07) is 6.38. The van der Waals surface area contributed by atoms with Gasteiger partial charge in [0, 0.05) is 79.5 Å². The molecule has 17 heteroatoms. The average molecular weight is 808 g/mol. The molecule has 0 saturated heterocycles. The molecule has 0 spiro atoms. The van der Waals surface area contributed by atoms with Crippen molar-refractivity contribution in [2.75, 3.05) is 62.2 Å². The van der Waals surface area contributed by atoms with E-state index in [1.54, 1.807) is 15.9 Å². The number of rotatable bonds is 17. The van der Waals surface area contributed by atoms with Gasteiger partial charge in [-0.25, -0.2) is 0 Å². The van der Waals surface area contributed by atoms with Crippen molar-refractivity contribution >= 4 is 69.7 Å². The summed E-state index contributed by atoms with van der Waals surface area (Å²) < 4.78 is 0. The molecule has 2 aromatic carbocycles. The number of hydrogen-bond acceptors (Lipinski definition) is 10. The Morgan fingerprint density at radius 1 is 0.814 bits per heavy atom. The molecule has 7 amide bonds. The van der Waals surface area contributed by atoms with Crippen LogP contribution >= 0.6 is 0 Å². The number of phenols is 1. The Morgan fingerprint density at radius 3 is 2.32 bits per heavy atom. The first kappa shape index (κ1) is 40.9. The highest BCUT2D eigenvalue weighted by molar-refractivity contribution is 6.13. The number of amides is 7. The summed E-state index contributed by atoms with van der Waals surface area (Å²) in [6.45, 7) is 1.32. The number of fused-ring (bicyclic) bond motifs is 6. The van der Waals surface area contributed by atoms with E-state index in [1.807, 2.05) is 24.3 Å². The van der Waals surface area contributed by atoms with Gasteiger partial charge in [-0.1, -0.05) is 12.2 Å². The van der Waals surface area contributed by atoms with Crippen molar-refractivity contribution < 1.29 is 38.7 Å². The molecule has 0 saturated carbocycles. The third kappa shape index (κ3) is 8.90. The number of carbonyl (C=O) groups excluding carboxylic acids is 7. The Bertz CT molecular complexity index is 2240. The van der Waals surface area contributed by atoms with Crippen LogP contribution in [0.5, 0.6) is 5.75 Å². The second kappa shape index (κ2) is 18.1. The van der Waals surface area contributed by atoms with Crippen molar-refractivity contribution in [1.82, 2.24) is 31.2 Å². The van der Waals surface area contributed by atoms with E-state index < -0.39 is 29.7 Å². The lowest BCUT2D eigenvalue weighted by Gasteiger charge is -2.25. The molecule has 3 aliphatic heterocycles. The first-order valence-corrected chi connectivity index (χ1v) is 20.1. The summed E-state index contributed by atoms with van der Waals surface area (Å²) in [5.74, 6) is -2.20. The van der Waals surface area contributed by atoms with Gasteiger partial charge in [0.15, 0.2) is 0 Å². The zero-order valence-electron chi connectivity index (χ0n) is 32.7. The van der Waals surface area contributed by atoms with Gasteiger partial charge in [-0.15, -0.1) is 0 Å². The molecule has 0 bridgehead atoms. The third-order valence-electron chi connectivity index (χ3n) is 11.1. The first-order chi connectivity index (χ1) is 28.5. The van der Waals surface area contributed by atoms with E-state index >= 15 is 0 Å². The van der Waals surface area contributed by atoms with E-state index in [1.165, 1.54) is 12.2 Å². The second-order valence-electron chi connectivity index (χ2n) is 15.0. The van der Waals surface area contributed by atoms with E-state index in [2.05, 4.69) is 32.3 Å². The van der Waals surface area contributed by atoms with Gasteiger partial charge in [-0.3, -0.25) is 43.8 Å². The Balaban J connectivity index is 0.887. The van der Waals surface area contributed by atoms with Crippen LogP contribution in [0.25, 0.3) is 17.0 Å². The highest BCUT2D eigenvalue weighted by atomic mass is 16.3. The fourth-order valence-electron chi connectivity index (χ4n) is 8.22. The maximum atomic E-state index is 14.0. The molecule has 0 unspecified atom stereocenters. The number of phenolic OH excluding ortho intramolecular Hbond substituents is 1. The van der Waals surface area contributed by atoms with Gasteiger partial charge in [-0.05, 0) is 86.4 Å². The maximum Gasteiger partial charge on any atom is 0.274 e. The predicted molar refractivity (Wildman–Crippen MR) is 219 cm³/mol. The highest BCUT2D eigenvalue weighted by Gasteiger charge is 2.34. The zero-order chi connectivity index (χ0) is 41.6. The van der Waals surface area contributed by atoms with E-state index in [9.17, 15) is 38.7 Å². The normalized spacial score (nSPS) is 15.7. The molecule has 59 heavy (non-hydrogen) atoms. The molecule has 3 aromatic rings. The van der Waals surface area contributed by atoms with Gasteiger partial charge in [0.25, 0.3) is 17.7 Å². The number of aromatic nitrogens is 1. The number of nitrogens with one attached hydrogen (secondary N) is 5. The lowest BCUT2D eigenvalue weighted by Crippen LogP contribution is -2.51. The van der Waals surface area contributed by atoms with Crippen LogP contribution in [0.4, 0.5) is 11.4 Å². The number of hydrogen-bond donors (Lipinski definition) is 7. The lowest BCUT2D eigenvalue weighted by molar-refractivity contribution is -0.137. The SMILES string of the molecule is NCCC[C@H](NC(=O)CNCC(=O)NCCNC(=O)CCCN1C(=O)C=CC1=O)C(=O)N1CCc2c1ccc1[nH]c(C(=O)N3CCc4c3cc(O)c3c4C=CCC3)cc21. The van der Waals surface area contributed by atoms with Gasteiger partial charge in [-0.2, -0.15) is 0 Å². The molecule has 8 N–H and O–H groups in total. The fraction of sp³-hybridized carbons (Fsp3) is 0.405. The van der Waals surface area contributed by atoms with Gasteiger partial charge >= 0.3 is 0 Å². The maximum absolute atomic E-state index is 14.0. The van der Waals surface area contributed by atoms with Gasteiger partial charge < -0.3 is 41.6 Å². The van der Waals surface area contributed by atoms with Crippen molar-refractivity contribution in [3.05, 3.63) is 70.4 Å². The first-order valence-electron chi connectivity index (χ1n) is 20.1. The Hall–Kier alpha value is -6.33. The quantitative estimate of drug-likeness (QED) is 0.0744. The Morgan fingerprint density at radius 2 is 1.54 bits per heavy atom. The van der Waals surface area contributed by atoms with Crippen LogP contribution in [0.3, 0.4) is 0 Å². The van der Waals surface area contributed by atoms with E-state index in [-0.39, 0.29) is 62.6 Å². The minimum absolute atomic E-state index is 0.114. The van der Waals surface area contributed by atoms with Gasteiger partial charge in [0.2, 0.25) is 23.6 Å². The van der Waals surface area contributed by atoms with Gasteiger partial charge in [0.05, 0.1) is 18.8 Å². The molecule has 17 nitrogen and oxygen atoms in total. The highest BCUT2D eigenvalue weighted by Crippen LogP contribution is 2.42. The van der Waals surface area contributed by atoms with Crippen molar-refractivity contribution in [3.63, 3.8) is 0 Å². The minimum atomic E-state index is -0.851. The molecule has 4 aliphatic rings. The number of carbonyl (C=O) groups is 7. The zero-order valence-corrected chi connectivity index (χ0v) is 32.7. The minimum Gasteiger partial charge on any atom is -0.508 e. The van der Waals surface area contributed by atoms with Crippen LogP contribution < -0.4 is 36.8 Å². The van der Waals surface area contributed by atoms with Crippen LogP contribution in [0.15, 0.2) is 42.5 Å². The number of anilines is 2. The van der Waals surface area contributed by atoms with Crippen LogP contribution in [-0.2, 0) is 48.0 Å². The molecule has 4 heterocycles. The molecule has 7 rings (SSSR count). The van der Waals surface area contributed by atoms with Crippen molar-refractivity contribution in [2.45, 2.75) is 57.4 Å². The second-order valence-corrected chi connectivity index (χ2v) is 15.0. The molecular weight excluding hydrogens is 759 g/mol. The predicted octanol–water partition coefficient (Wildman–Crippen LogP) is 0.676. The van der Waals surface area contributed by atoms with Crippen LogP contribution in [0.2, 0.25) is 0 Å². The average Bonchev–Trinajstić information content (AvgIpc) is 4.03. The Kier molecular flexibility index (Phi) is 12.5. The molecule has 310 valence electrons. The van der Waals surface area contributed by atoms with Gasteiger partial charge in [0.1, 0.15) is 17.5 Å². The molecule has 1 aliphatic carbocycles. The number of allylic oxidation sites excluding steroid dienone is 1. The van der Waals surface area contributed by atoms with Crippen LogP contribution in [0.1, 0.15) is 64.8 Å². The molecular formula is C42H49N9O8. The summed E-state index contributed by atoms with van der Waals surface area (Å²) in [7, 11) is 0. The summed E-state index contributed by atoms with van der Waals surface area (Å²) in [5, 5.41) is 22.5. The van der Waals surface area contributed by atoms with Crippen LogP contribution in [0, 0.1) is 0 Å². The molecule has 1 aromatic heterocycles. The molecule has 0 fully saturated rings. The molecule has 1 atom stereocenters. The third-order valence-corrected chi connectivity index (χ3v) is 11.1. The van der Waals surface area contributed by atoms with E-state index in [0.717, 1.165) is 56.6 Å². The largest absolute Gasteiger partial charge is 0.508 e. The standard InChI is InChI=1S/C42H49N9O8/c43-15-3-7-31(48-38(55)24-44-23-37(54)46-17-16-45-36(53)8-4-18-51-39(56)11-12-40(51)57)41(58)49-19-14-27-29-21-32(47-30(29)9-10-33(27)49)42(59)50-20-13-26-25-5-1-2-6-28(25)35(52)22-34(26)50/h1,5,9-12,21-22,31,44,47,52H,2-4,6-8,13-20,23-24,43H2,(H,45,53)(H,46,54)(H,48,55)/t31-/m0/s1. The van der Waals surface area contributed by atoms with Crippen molar-refractivity contribution in [2.24, 2.45) is 5.73 Å². The number of benzene rings is 2. The van der Waals surface area contributed by atoms with Crippen molar-refractivity contribution in [1.29, 1.82) is 0 Å². The summed E-state index contributed by atoms with van der Waals surface area (Å²) in [6.07, 6.45) is 10.7. The lowest BCUT2D eigenvalue weighted by atomic mass is 9.91. The van der Waals surface area contributed by atoms with E-state index in [0.29, 0.717) is 63.1 Å². The topological polar surface area (TPSA) is 239 Å². The number of H-pyrrole nitrogens is 1. The number of aromatic hydroxyl groups is 1. The Labute approximate surface area is 340 Å². The van der Waals surface area contributed by atoms with E-state index in [4.69, 9.17) is 5.73 Å².